The number of aromatic amines is 1. The van der Waals surface area contributed by atoms with Crippen LogP contribution in [0.15, 0.2) is 54.6 Å². The van der Waals surface area contributed by atoms with Crippen molar-refractivity contribution in [1.29, 1.82) is 0 Å². The van der Waals surface area contributed by atoms with Crippen LogP contribution in [0, 0.1) is 0 Å². The molecule has 1 fully saturated rings. The molecule has 0 bridgehead atoms. The zero-order chi connectivity index (χ0) is 24.2. The Labute approximate surface area is 205 Å². The highest BCUT2D eigenvalue weighted by molar-refractivity contribution is 6.02. The van der Waals surface area contributed by atoms with Crippen LogP contribution in [0.2, 0.25) is 0 Å². The topological polar surface area (TPSA) is 79.5 Å². The summed E-state index contributed by atoms with van der Waals surface area (Å²) in [6.45, 7) is 6.15. The van der Waals surface area contributed by atoms with Gasteiger partial charge in [0.25, 0.3) is 5.91 Å². The van der Waals surface area contributed by atoms with Crippen LogP contribution in [0.4, 0.5) is 0 Å². The number of likely N-dealkylation sites (N-methyl/N-ethyl adjacent to an activating group) is 1. The van der Waals surface area contributed by atoms with Crippen LogP contribution < -0.4 is 10.1 Å². The number of nitrogens with one attached hydrogen (secondary N) is 2. The van der Waals surface area contributed by atoms with Gasteiger partial charge in [0.1, 0.15) is 12.4 Å². The van der Waals surface area contributed by atoms with Crippen molar-refractivity contribution in [3.8, 4) is 17.0 Å². The van der Waals surface area contributed by atoms with E-state index in [0.29, 0.717) is 24.8 Å². The molecule has 3 aromatic carbocycles. The van der Waals surface area contributed by atoms with Gasteiger partial charge in [0.05, 0.1) is 17.8 Å². The summed E-state index contributed by atoms with van der Waals surface area (Å²) in [5, 5.41) is 13.7. The lowest BCUT2D eigenvalue weighted by atomic mass is 10.0. The third kappa shape index (κ3) is 5.01. The van der Waals surface area contributed by atoms with Crippen molar-refractivity contribution in [3.63, 3.8) is 0 Å². The number of carbonyl (C=O) groups excluding carboxylic acids is 1. The van der Waals surface area contributed by atoms with Crippen LogP contribution >= 0.6 is 0 Å². The van der Waals surface area contributed by atoms with E-state index >= 15 is 0 Å². The summed E-state index contributed by atoms with van der Waals surface area (Å²) in [5.74, 6) is 0.782. The first kappa shape index (κ1) is 23.3. The summed E-state index contributed by atoms with van der Waals surface area (Å²) in [6.07, 6.45) is 2.46. The number of rotatable bonds is 9. The fourth-order valence-electron chi connectivity index (χ4n) is 4.90. The van der Waals surface area contributed by atoms with Crippen molar-refractivity contribution in [1.82, 2.24) is 20.4 Å². The second-order valence-electron chi connectivity index (χ2n) is 9.04. The maximum Gasteiger partial charge on any atom is 0.251 e. The van der Waals surface area contributed by atoms with E-state index in [1.165, 1.54) is 19.4 Å². The summed E-state index contributed by atoms with van der Waals surface area (Å²) in [4.78, 5) is 15.0. The van der Waals surface area contributed by atoms with Gasteiger partial charge >= 0.3 is 0 Å². The molecule has 7 heteroatoms. The van der Waals surface area contributed by atoms with E-state index < -0.39 is 0 Å². The molecule has 2 N–H and O–H groups in total. The van der Waals surface area contributed by atoms with Crippen LogP contribution in [0.3, 0.4) is 0 Å². The number of aromatic nitrogens is 2. The highest BCUT2D eigenvalue weighted by Gasteiger charge is 2.23. The third-order valence-electron chi connectivity index (χ3n) is 6.85. The zero-order valence-electron chi connectivity index (χ0n) is 20.3. The van der Waals surface area contributed by atoms with E-state index in [1.807, 2.05) is 18.2 Å². The second-order valence-corrected chi connectivity index (χ2v) is 9.04. The summed E-state index contributed by atoms with van der Waals surface area (Å²) in [6, 6.07) is 18.7. The molecular formula is C28H32N4O3. The van der Waals surface area contributed by atoms with Gasteiger partial charge in [0.15, 0.2) is 0 Å². The van der Waals surface area contributed by atoms with Crippen LogP contribution in [0.5, 0.6) is 5.75 Å². The fourth-order valence-corrected chi connectivity index (χ4v) is 4.90. The summed E-state index contributed by atoms with van der Waals surface area (Å²) < 4.78 is 11.2. The molecule has 182 valence electrons. The number of hydrogen-bond donors (Lipinski definition) is 2. The number of ether oxygens (including phenoxy) is 2. The van der Waals surface area contributed by atoms with E-state index in [2.05, 4.69) is 57.7 Å². The highest BCUT2D eigenvalue weighted by Crippen LogP contribution is 2.31. The molecule has 0 spiro atoms. The predicted octanol–water partition coefficient (Wildman–Crippen LogP) is 4.62. The van der Waals surface area contributed by atoms with Crippen molar-refractivity contribution in [2.24, 2.45) is 0 Å². The largest absolute Gasteiger partial charge is 0.492 e. The van der Waals surface area contributed by atoms with Gasteiger partial charge in [0, 0.05) is 36.2 Å². The van der Waals surface area contributed by atoms with E-state index in [0.717, 1.165) is 51.8 Å². The van der Waals surface area contributed by atoms with Gasteiger partial charge in [-0.1, -0.05) is 25.1 Å². The average Bonchev–Trinajstić information content (AvgIpc) is 3.53. The number of fused-ring (bicyclic) bond motifs is 2. The molecule has 35 heavy (non-hydrogen) atoms. The minimum atomic E-state index is -0.123. The zero-order valence-corrected chi connectivity index (χ0v) is 20.3. The van der Waals surface area contributed by atoms with Crippen molar-refractivity contribution in [3.05, 3.63) is 60.2 Å². The Morgan fingerprint density at radius 2 is 2.00 bits per heavy atom. The minimum absolute atomic E-state index is 0.123. The molecule has 1 saturated heterocycles. The minimum Gasteiger partial charge on any atom is -0.492 e. The first-order valence-electron chi connectivity index (χ1n) is 12.3. The second kappa shape index (κ2) is 10.5. The lowest BCUT2D eigenvalue weighted by Crippen LogP contribution is -2.33. The Morgan fingerprint density at radius 1 is 1.14 bits per heavy atom. The number of hydrogen-bond acceptors (Lipinski definition) is 5. The number of likely N-dealkylation sites (tertiary alicyclic amines) is 1. The average molecular weight is 473 g/mol. The molecule has 1 atom stereocenters. The maximum atomic E-state index is 12.5. The molecule has 2 heterocycles. The lowest BCUT2D eigenvalue weighted by molar-refractivity contribution is 0.0937. The summed E-state index contributed by atoms with van der Waals surface area (Å²) >= 11 is 0. The Bertz CT molecular complexity index is 1330. The van der Waals surface area contributed by atoms with Gasteiger partial charge in [0.2, 0.25) is 0 Å². The molecule has 1 aromatic heterocycles. The Hall–Kier alpha value is -3.42. The van der Waals surface area contributed by atoms with Crippen LogP contribution in [-0.4, -0.2) is 67.0 Å². The first-order valence-corrected chi connectivity index (χ1v) is 12.3. The van der Waals surface area contributed by atoms with E-state index in [9.17, 15) is 4.79 Å². The summed E-state index contributed by atoms with van der Waals surface area (Å²) in [7, 11) is 1.61. The normalized spacial score (nSPS) is 16.2. The molecule has 1 aliphatic rings. The lowest BCUT2D eigenvalue weighted by Gasteiger charge is -2.22. The van der Waals surface area contributed by atoms with Crippen LogP contribution in [-0.2, 0) is 4.74 Å². The number of methoxy groups -OCH3 is 1. The van der Waals surface area contributed by atoms with E-state index in [1.54, 1.807) is 13.2 Å². The molecule has 0 radical (unpaired) electrons. The van der Waals surface area contributed by atoms with Gasteiger partial charge in [-0.15, -0.1) is 0 Å². The number of nitrogens with zero attached hydrogens (tertiary/aromatic N) is 2. The van der Waals surface area contributed by atoms with Crippen molar-refractivity contribution >= 4 is 27.6 Å². The van der Waals surface area contributed by atoms with Crippen LogP contribution in [0.1, 0.15) is 30.1 Å². The maximum absolute atomic E-state index is 12.5. The molecule has 1 amide bonds. The number of amides is 1. The van der Waals surface area contributed by atoms with E-state index in [4.69, 9.17) is 9.47 Å². The van der Waals surface area contributed by atoms with Gasteiger partial charge in [-0.05, 0) is 73.1 Å². The smallest absolute Gasteiger partial charge is 0.251 e. The number of carbonyl (C=O) groups is 1. The molecule has 4 aromatic rings. The van der Waals surface area contributed by atoms with Crippen molar-refractivity contribution in [2.45, 2.75) is 25.8 Å². The molecule has 0 aliphatic carbocycles. The molecule has 7 nitrogen and oxygen atoms in total. The van der Waals surface area contributed by atoms with Crippen molar-refractivity contribution < 1.29 is 14.3 Å². The highest BCUT2D eigenvalue weighted by atomic mass is 16.5. The van der Waals surface area contributed by atoms with Crippen molar-refractivity contribution in [2.75, 3.05) is 40.0 Å². The van der Waals surface area contributed by atoms with E-state index in [-0.39, 0.29) is 5.91 Å². The standard InChI is InChI=1S/C28H32N4O3/c1-3-32-13-4-5-23(32)18-35-24-10-8-19-15-21(7-6-20(19)16-24)27-25-17-22(9-11-26(25)30-31-27)28(33)29-12-14-34-2/h6-11,15-17,23H,3-5,12-14,18H2,1-2H3,(H,29,33)(H,30,31)/t23-/m1/s1. The number of benzene rings is 3. The Morgan fingerprint density at radius 3 is 2.86 bits per heavy atom. The molecule has 5 rings (SSSR count). The summed E-state index contributed by atoms with van der Waals surface area (Å²) in [5.41, 5.74) is 3.32. The predicted molar refractivity (Wildman–Crippen MR) is 139 cm³/mol. The van der Waals surface area contributed by atoms with Crippen LogP contribution in [0.25, 0.3) is 32.9 Å². The first-order chi connectivity index (χ1) is 17.2. The molecular weight excluding hydrogens is 440 g/mol. The van der Waals surface area contributed by atoms with Gasteiger partial charge in [-0.2, -0.15) is 5.10 Å². The monoisotopic (exact) mass is 472 g/mol. The Kier molecular flexibility index (Phi) is 6.97. The molecule has 0 unspecified atom stereocenters. The number of H-pyrrole nitrogens is 1. The SMILES string of the molecule is CCN1CCC[C@@H]1COc1ccc2cc(-c3n[nH]c4ccc(C(=O)NCCOC)cc34)ccc2c1. The quantitative estimate of drug-likeness (QED) is 0.348. The van der Waals surface area contributed by atoms with Gasteiger partial charge in [-0.25, -0.2) is 0 Å². The van der Waals surface area contributed by atoms with Gasteiger partial charge < -0.3 is 14.8 Å². The third-order valence-corrected chi connectivity index (χ3v) is 6.85. The Balaban J connectivity index is 1.35. The molecule has 1 aliphatic heterocycles. The molecule has 0 saturated carbocycles. The fraction of sp³-hybridized carbons (Fsp3) is 0.357. The van der Waals surface area contributed by atoms with Gasteiger partial charge in [-0.3, -0.25) is 14.8 Å².